The molecule has 1 saturated carbocycles. The van der Waals surface area contributed by atoms with Crippen LogP contribution >= 0.6 is 0 Å². The quantitative estimate of drug-likeness (QED) is 0.694. The average Bonchev–Trinajstić information content (AvgIpc) is 2.22. The zero-order valence-electron chi connectivity index (χ0n) is 8.80. The van der Waals surface area contributed by atoms with Gasteiger partial charge in [0.25, 0.3) is 0 Å². The Labute approximate surface area is 86.5 Å². The van der Waals surface area contributed by atoms with E-state index in [9.17, 15) is 12.9 Å². The van der Waals surface area contributed by atoms with Crippen molar-refractivity contribution in [3.8, 4) is 0 Å². The predicted octanol–water partition coefficient (Wildman–Crippen LogP) is 2.28. The number of hydrogen-bond donors (Lipinski definition) is 0. The van der Waals surface area contributed by atoms with Gasteiger partial charge in [0.1, 0.15) is 0 Å². The van der Waals surface area contributed by atoms with Crippen LogP contribution in [-0.4, -0.2) is 16.8 Å². The Kier molecular flexibility index (Phi) is 2.32. The highest BCUT2D eigenvalue weighted by Gasteiger charge is 2.34. The summed E-state index contributed by atoms with van der Waals surface area (Å²) in [4.78, 5) is 0. The minimum Gasteiger partial charge on any atom is -0.445 e. The first-order valence-electron chi connectivity index (χ1n) is 5.17. The number of hydrogen-bond acceptors (Lipinski definition) is 1. The summed E-state index contributed by atoms with van der Waals surface area (Å²) in [5.74, 6) is 0. The molecule has 1 aromatic rings. The van der Waals surface area contributed by atoms with Crippen LogP contribution in [0.15, 0.2) is 0 Å². The van der Waals surface area contributed by atoms with Crippen molar-refractivity contribution in [1.29, 1.82) is 0 Å². The third kappa shape index (κ3) is 1.66. The van der Waals surface area contributed by atoms with Gasteiger partial charge in [-0.05, 0) is 33.1 Å². The first-order chi connectivity index (χ1) is 6.91. The molecular weight excluding hydrogens is 204 g/mol. The first kappa shape index (κ1) is 10.6. The van der Waals surface area contributed by atoms with E-state index in [0.717, 1.165) is 19.3 Å². The van der Waals surface area contributed by atoms with Crippen LogP contribution in [-0.2, 0) is 0 Å². The van der Waals surface area contributed by atoms with Crippen LogP contribution in [0.5, 0.6) is 0 Å². The second kappa shape index (κ2) is 3.28. The third-order valence-electron chi connectivity index (χ3n) is 3.13. The van der Waals surface area contributed by atoms with Gasteiger partial charge in [0.2, 0.25) is 0 Å². The minimum absolute atomic E-state index is 0.118. The van der Waals surface area contributed by atoms with Crippen LogP contribution in [0.2, 0.25) is 0 Å². The number of aromatic nitrogens is 2. The van der Waals surface area contributed by atoms with Crippen molar-refractivity contribution in [2.24, 2.45) is 0 Å². The lowest BCUT2D eigenvalue weighted by Gasteiger charge is -2.27. The second-order valence-electron chi connectivity index (χ2n) is 4.19. The number of nitrogens with zero attached hydrogens (tertiary/aromatic N) is 2. The van der Waals surface area contributed by atoms with Crippen molar-refractivity contribution in [2.75, 3.05) is 0 Å². The molecule has 0 bridgehead atoms. The zero-order valence-corrected chi connectivity index (χ0v) is 8.80. The fourth-order valence-electron chi connectivity index (χ4n) is 2.14. The molecule has 0 spiro atoms. The fourth-order valence-corrected chi connectivity index (χ4v) is 2.14. The molecule has 2 nitrogen and oxygen atoms in total. The molecule has 1 aliphatic rings. The van der Waals surface area contributed by atoms with Crippen molar-refractivity contribution >= 4 is 12.4 Å². The van der Waals surface area contributed by atoms with E-state index in [4.69, 9.17) is 0 Å². The maximum atomic E-state index is 12.7. The summed E-state index contributed by atoms with van der Waals surface area (Å²) in [7, 11) is 0. The molecule has 1 fully saturated rings. The molecule has 1 aliphatic carbocycles. The molecular formula is C9H13BF3N2-. The zero-order chi connectivity index (χ0) is 11.2. The molecule has 15 heavy (non-hydrogen) atoms. The number of rotatable bonds is 2. The van der Waals surface area contributed by atoms with Gasteiger partial charge in [-0.25, -0.2) is 0 Å². The number of halogens is 3. The van der Waals surface area contributed by atoms with Gasteiger partial charge in [-0.3, -0.25) is 4.68 Å². The van der Waals surface area contributed by atoms with Crippen molar-refractivity contribution < 1.29 is 12.9 Å². The molecule has 1 aromatic heterocycles. The maximum absolute atomic E-state index is 12.7. The monoisotopic (exact) mass is 217 g/mol. The molecule has 0 saturated heterocycles. The van der Waals surface area contributed by atoms with Gasteiger partial charge in [-0.15, -0.1) is 0 Å². The lowest BCUT2D eigenvalue weighted by molar-refractivity contribution is 0.284. The minimum atomic E-state index is -4.93. The summed E-state index contributed by atoms with van der Waals surface area (Å²) in [6, 6.07) is 0.190. The summed E-state index contributed by atoms with van der Waals surface area (Å²) in [5, 5.41) is 4.01. The lowest BCUT2D eigenvalue weighted by Crippen LogP contribution is -2.37. The van der Waals surface area contributed by atoms with Gasteiger partial charge in [0, 0.05) is 11.4 Å². The van der Waals surface area contributed by atoms with E-state index in [0.29, 0.717) is 0 Å². The molecule has 0 N–H and O–H groups in total. The molecule has 0 aromatic carbocycles. The smallest absolute Gasteiger partial charge is 0.445 e. The van der Waals surface area contributed by atoms with Crippen LogP contribution in [0.1, 0.15) is 36.7 Å². The van der Waals surface area contributed by atoms with Gasteiger partial charge >= 0.3 is 6.98 Å². The molecule has 0 unspecified atom stereocenters. The Morgan fingerprint density at radius 3 is 2.20 bits per heavy atom. The third-order valence-corrected chi connectivity index (χ3v) is 3.13. The summed E-state index contributed by atoms with van der Waals surface area (Å²) in [5.41, 5.74) is -0.0986. The largest absolute Gasteiger partial charge is 0.513 e. The molecule has 0 amide bonds. The van der Waals surface area contributed by atoms with Crippen LogP contribution in [0.25, 0.3) is 0 Å². The van der Waals surface area contributed by atoms with E-state index in [2.05, 4.69) is 5.10 Å². The Bertz CT molecular complexity index is 379. The molecule has 0 radical (unpaired) electrons. The normalized spacial score (nSPS) is 17.9. The van der Waals surface area contributed by atoms with Gasteiger partial charge in [0.05, 0.1) is 6.04 Å². The summed E-state index contributed by atoms with van der Waals surface area (Å²) in [6.07, 6.45) is 2.99. The highest BCUT2D eigenvalue weighted by Crippen LogP contribution is 2.32. The Morgan fingerprint density at radius 2 is 1.87 bits per heavy atom. The highest BCUT2D eigenvalue weighted by molar-refractivity contribution is 6.74. The van der Waals surface area contributed by atoms with Crippen molar-refractivity contribution in [2.45, 2.75) is 39.2 Å². The van der Waals surface area contributed by atoms with Crippen LogP contribution in [0, 0.1) is 13.8 Å². The lowest BCUT2D eigenvalue weighted by atomic mass is 9.78. The second-order valence-corrected chi connectivity index (χ2v) is 4.19. The first-order valence-corrected chi connectivity index (χ1v) is 5.17. The van der Waals surface area contributed by atoms with E-state index in [1.54, 1.807) is 4.68 Å². The summed E-state index contributed by atoms with van der Waals surface area (Å²) in [6.45, 7) is -1.97. The Balaban J connectivity index is 2.43. The van der Waals surface area contributed by atoms with Crippen LogP contribution in [0.4, 0.5) is 12.9 Å². The number of aryl methyl sites for hydroxylation is 1. The van der Waals surface area contributed by atoms with E-state index in [1.165, 1.54) is 13.8 Å². The van der Waals surface area contributed by atoms with Gasteiger partial charge < -0.3 is 12.9 Å². The molecule has 84 valence electrons. The molecule has 0 aliphatic heterocycles. The Morgan fingerprint density at radius 1 is 1.27 bits per heavy atom. The average molecular weight is 217 g/mol. The van der Waals surface area contributed by atoms with Crippen LogP contribution < -0.4 is 5.46 Å². The molecule has 0 atom stereocenters. The van der Waals surface area contributed by atoms with Gasteiger partial charge in [-0.2, -0.15) is 5.10 Å². The SMILES string of the molecule is Cc1nn(C2CCC2)c(C)c1[B-](F)(F)F. The van der Waals surface area contributed by atoms with E-state index in [1.807, 2.05) is 0 Å². The maximum Gasteiger partial charge on any atom is 0.513 e. The van der Waals surface area contributed by atoms with Crippen molar-refractivity contribution in [3.63, 3.8) is 0 Å². The van der Waals surface area contributed by atoms with Crippen molar-refractivity contribution in [3.05, 3.63) is 11.4 Å². The van der Waals surface area contributed by atoms with E-state index < -0.39 is 12.4 Å². The standard InChI is InChI=1S/C9H13BF3N2/c1-6-9(10(11,12)13)7(2)15(14-6)8-4-3-5-8/h8H,3-5H2,1-2H3/q-1. The molecule has 2 rings (SSSR count). The van der Waals surface area contributed by atoms with E-state index in [-0.39, 0.29) is 17.4 Å². The Hall–Kier alpha value is -0.935. The van der Waals surface area contributed by atoms with Gasteiger partial charge in [-0.1, -0.05) is 5.46 Å². The summed E-state index contributed by atoms with van der Waals surface area (Å²) >= 11 is 0. The van der Waals surface area contributed by atoms with E-state index >= 15 is 0 Å². The highest BCUT2D eigenvalue weighted by atomic mass is 19.4. The van der Waals surface area contributed by atoms with Crippen molar-refractivity contribution in [1.82, 2.24) is 9.78 Å². The topological polar surface area (TPSA) is 17.8 Å². The fraction of sp³-hybridized carbons (Fsp3) is 0.667. The summed E-state index contributed by atoms with van der Waals surface area (Å²) < 4.78 is 39.7. The van der Waals surface area contributed by atoms with Gasteiger partial charge in [0.15, 0.2) is 0 Å². The molecule has 1 heterocycles. The van der Waals surface area contributed by atoms with Crippen LogP contribution in [0.3, 0.4) is 0 Å². The predicted molar refractivity (Wildman–Crippen MR) is 53.3 cm³/mol. The molecule has 6 heteroatoms.